The highest BCUT2D eigenvalue weighted by Crippen LogP contribution is 2.15. The number of benzene rings is 1. The van der Waals surface area contributed by atoms with Crippen LogP contribution in [0.1, 0.15) is 30.7 Å². The Labute approximate surface area is 128 Å². The lowest BCUT2D eigenvalue weighted by atomic mass is 10.2. The summed E-state index contributed by atoms with van der Waals surface area (Å²) in [7, 11) is 0. The molecule has 0 spiro atoms. The van der Waals surface area contributed by atoms with Crippen molar-refractivity contribution in [3.05, 3.63) is 59.4 Å². The van der Waals surface area contributed by atoms with Crippen LogP contribution in [0.5, 0.6) is 0 Å². The third-order valence-electron chi connectivity index (χ3n) is 3.80. The second-order valence-corrected chi connectivity index (χ2v) is 5.21. The fourth-order valence-corrected chi connectivity index (χ4v) is 2.44. The summed E-state index contributed by atoms with van der Waals surface area (Å²) in [6.07, 6.45) is 1.85. The Hall–Kier alpha value is -1.87. The smallest absolute Gasteiger partial charge is 0.0570 e. The van der Waals surface area contributed by atoms with Crippen LogP contribution in [0.3, 0.4) is 0 Å². The molecule has 0 aliphatic rings. The molecule has 0 saturated carbocycles. The number of anilines is 1. The van der Waals surface area contributed by atoms with E-state index < -0.39 is 0 Å². The molecular weight excluding hydrogens is 258 g/mol. The summed E-state index contributed by atoms with van der Waals surface area (Å²) in [5, 5.41) is 3.46. The number of nitrogens with zero attached hydrogens (tertiary/aromatic N) is 2. The Morgan fingerprint density at radius 1 is 1.00 bits per heavy atom. The van der Waals surface area contributed by atoms with Crippen LogP contribution in [0.25, 0.3) is 0 Å². The van der Waals surface area contributed by atoms with Crippen LogP contribution in [0.15, 0.2) is 42.6 Å². The van der Waals surface area contributed by atoms with Crippen molar-refractivity contribution in [2.45, 2.75) is 33.9 Å². The lowest BCUT2D eigenvalue weighted by Crippen LogP contribution is -2.21. The normalized spacial score (nSPS) is 10.6. The van der Waals surface area contributed by atoms with Gasteiger partial charge in [0, 0.05) is 38.1 Å². The van der Waals surface area contributed by atoms with Gasteiger partial charge in [-0.05, 0) is 50.1 Å². The maximum atomic E-state index is 4.40. The van der Waals surface area contributed by atoms with E-state index in [9.17, 15) is 0 Å². The summed E-state index contributed by atoms with van der Waals surface area (Å²) in [6.45, 7) is 10.3. The van der Waals surface area contributed by atoms with Gasteiger partial charge >= 0.3 is 0 Å². The monoisotopic (exact) mass is 283 g/mol. The zero-order valence-electron chi connectivity index (χ0n) is 13.3. The summed E-state index contributed by atoms with van der Waals surface area (Å²) < 4.78 is 0. The number of nitrogens with one attached hydrogen (secondary N) is 1. The molecule has 1 N–H and O–H groups in total. The van der Waals surface area contributed by atoms with Crippen LogP contribution in [0, 0.1) is 6.92 Å². The molecule has 0 radical (unpaired) electrons. The van der Waals surface area contributed by atoms with Crippen molar-refractivity contribution in [3.8, 4) is 0 Å². The average Bonchev–Trinajstić information content (AvgIpc) is 2.52. The molecule has 1 aromatic heterocycles. The molecule has 2 aromatic rings. The second kappa shape index (κ2) is 7.79. The van der Waals surface area contributed by atoms with Gasteiger partial charge in [-0.15, -0.1) is 0 Å². The van der Waals surface area contributed by atoms with Gasteiger partial charge < -0.3 is 10.2 Å². The van der Waals surface area contributed by atoms with E-state index in [0.29, 0.717) is 0 Å². The number of aryl methyl sites for hydroxylation is 1. The fraction of sp³-hybridized carbons (Fsp3) is 0.389. The first-order valence-electron chi connectivity index (χ1n) is 7.69. The van der Waals surface area contributed by atoms with E-state index in [1.165, 1.54) is 16.8 Å². The lowest BCUT2D eigenvalue weighted by Gasteiger charge is -2.21. The highest BCUT2D eigenvalue weighted by molar-refractivity contribution is 5.47. The van der Waals surface area contributed by atoms with Gasteiger partial charge in [0.25, 0.3) is 0 Å². The molecule has 0 amide bonds. The predicted octanol–water partition coefficient (Wildman–Crippen LogP) is 3.53. The van der Waals surface area contributed by atoms with Gasteiger partial charge in [-0.1, -0.05) is 18.2 Å². The predicted molar refractivity (Wildman–Crippen MR) is 89.5 cm³/mol. The van der Waals surface area contributed by atoms with Crippen molar-refractivity contribution in [2.24, 2.45) is 0 Å². The van der Waals surface area contributed by atoms with E-state index in [4.69, 9.17) is 0 Å². The molecule has 2 rings (SSSR count). The van der Waals surface area contributed by atoms with E-state index in [0.717, 1.165) is 31.9 Å². The molecule has 1 aromatic carbocycles. The first-order valence-corrected chi connectivity index (χ1v) is 7.69. The maximum Gasteiger partial charge on any atom is 0.0570 e. The van der Waals surface area contributed by atoms with Crippen molar-refractivity contribution < 1.29 is 0 Å². The highest BCUT2D eigenvalue weighted by atomic mass is 15.1. The molecule has 21 heavy (non-hydrogen) atoms. The van der Waals surface area contributed by atoms with E-state index in [1.807, 2.05) is 12.3 Å². The van der Waals surface area contributed by atoms with Gasteiger partial charge in [0.2, 0.25) is 0 Å². The topological polar surface area (TPSA) is 28.2 Å². The third-order valence-corrected chi connectivity index (χ3v) is 3.80. The number of hydrogen-bond donors (Lipinski definition) is 1. The molecule has 1 heterocycles. The van der Waals surface area contributed by atoms with Crippen LogP contribution in [-0.4, -0.2) is 18.1 Å². The van der Waals surface area contributed by atoms with Gasteiger partial charge in [0.15, 0.2) is 0 Å². The Balaban J connectivity index is 1.88. The zero-order valence-corrected chi connectivity index (χ0v) is 13.3. The Morgan fingerprint density at radius 3 is 2.33 bits per heavy atom. The zero-order chi connectivity index (χ0) is 15.1. The minimum Gasteiger partial charge on any atom is -0.372 e. The minimum atomic E-state index is 0.810. The van der Waals surface area contributed by atoms with E-state index >= 15 is 0 Å². The maximum absolute atomic E-state index is 4.40. The van der Waals surface area contributed by atoms with Gasteiger partial charge in [0.1, 0.15) is 0 Å². The molecule has 3 heteroatoms. The van der Waals surface area contributed by atoms with Crippen LogP contribution < -0.4 is 10.2 Å². The summed E-state index contributed by atoms with van der Waals surface area (Å²) >= 11 is 0. The van der Waals surface area contributed by atoms with Crippen molar-refractivity contribution in [1.82, 2.24) is 10.3 Å². The molecule has 3 nitrogen and oxygen atoms in total. The van der Waals surface area contributed by atoms with Crippen LogP contribution in [0.4, 0.5) is 5.69 Å². The number of rotatable bonds is 7. The molecule has 112 valence electrons. The second-order valence-electron chi connectivity index (χ2n) is 5.21. The largest absolute Gasteiger partial charge is 0.372 e. The number of pyridine rings is 1. The Morgan fingerprint density at radius 2 is 1.71 bits per heavy atom. The van der Waals surface area contributed by atoms with Gasteiger partial charge in [-0.2, -0.15) is 0 Å². The molecule has 0 aliphatic heterocycles. The van der Waals surface area contributed by atoms with Crippen molar-refractivity contribution in [1.29, 1.82) is 0 Å². The Bertz CT molecular complexity index is 545. The molecule has 0 atom stereocenters. The molecule has 0 saturated heterocycles. The summed E-state index contributed by atoms with van der Waals surface area (Å²) in [5.41, 5.74) is 4.96. The van der Waals surface area contributed by atoms with E-state index in [1.54, 1.807) is 0 Å². The van der Waals surface area contributed by atoms with E-state index in [2.05, 4.69) is 66.3 Å². The summed E-state index contributed by atoms with van der Waals surface area (Å²) in [4.78, 5) is 6.76. The minimum absolute atomic E-state index is 0.810. The van der Waals surface area contributed by atoms with Crippen molar-refractivity contribution in [3.63, 3.8) is 0 Å². The summed E-state index contributed by atoms with van der Waals surface area (Å²) in [6, 6.07) is 12.9. The van der Waals surface area contributed by atoms with Crippen molar-refractivity contribution in [2.75, 3.05) is 18.0 Å². The highest BCUT2D eigenvalue weighted by Gasteiger charge is 2.02. The van der Waals surface area contributed by atoms with Crippen LogP contribution in [0.2, 0.25) is 0 Å². The molecular formula is C18H25N3. The van der Waals surface area contributed by atoms with Gasteiger partial charge in [-0.25, -0.2) is 0 Å². The SMILES string of the molecule is CCN(CC)c1ccc(CNCc2ncccc2C)cc1. The van der Waals surface area contributed by atoms with E-state index in [-0.39, 0.29) is 0 Å². The molecule has 0 fully saturated rings. The van der Waals surface area contributed by atoms with Crippen LogP contribution >= 0.6 is 0 Å². The Kier molecular flexibility index (Phi) is 5.76. The average molecular weight is 283 g/mol. The molecule has 0 unspecified atom stereocenters. The number of hydrogen-bond acceptors (Lipinski definition) is 3. The third kappa shape index (κ3) is 4.30. The molecule has 0 bridgehead atoms. The van der Waals surface area contributed by atoms with Gasteiger partial charge in [-0.3, -0.25) is 4.98 Å². The summed E-state index contributed by atoms with van der Waals surface area (Å²) in [5.74, 6) is 0. The van der Waals surface area contributed by atoms with Crippen LogP contribution in [-0.2, 0) is 13.1 Å². The first-order chi connectivity index (χ1) is 10.2. The standard InChI is InChI=1S/C18H25N3/c1-4-21(5-2)17-10-8-16(9-11-17)13-19-14-18-15(3)7-6-12-20-18/h6-12,19H,4-5,13-14H2,1-3H3. The lowest BCUT2D eigenvalue weighted by molar-refractivity contribution is 0.676. The molecule has 0 aliphatic carbocycles. The number of aromatic nitrogens is 1. The van der Waals surface area contributed by atoms with Gasteiger partial charge in [0.05, 0.1) is 5.69 Å². The fourth-order valence-electron chi connectivity index (χ4n) is 2.44. The first kappa shape index (κ1) is 15.5. The van der Waals surface area contributed by atoms with Crippen molar-refractivity contribution >= 4 is 5.69 Å². The quantitative estimate of drug-likeness (QED) is 0.842.